The number of aliphatic hydroxyl groups is 1. The highest BCUT2D eigenvalue weighted by Gasteiger charge is 2.68. The molecule has 5 N–H and O–H groups in total. The maximum atomic E-state index is 13.0. The van der Waals surface area contributed by atoms with Gasteiger partial charge in [-0.3, -0.25) is 9.59 Å². The summed E-state index contributed by atoms with van der Waals surface area (Å²) >= 11 is 6.02. The van der Waals surface area contributed by atoms with Crippen LogP contribution in [0, 0.1) is 0 Å². The number of quaternary nitrogens is 1. The quantitative estimate of drug-likeness (QED) is 0.591. The minimum atomic E-state index is -1.65. The van der Waals surface area contributed by atoms with Crippen LogP contribution in [-0.2, 0) is 19.9 Å². The summed E-state index contributed by atoms with van der Waals surface area (Å²) in [4.78, 5) is 39.8. The highest BCUT2D eigenvalue weighted by molar-refractivity contribution is 6.30. The molecule has 2 fully saturated rings. The maximum absolute atomic E-state index is 13.0. The highest BCUT2D eigenvalue weighted by atomic mass is 35.5. The van der Waals surface area contributed by atoms with Gasteiger partial charge in [-0.2, -0.15) is 4.48 Å². The van der Waals surface area contributed by atoms with E-state index in [0.29, 0.717) is 35.1 Å². The molecule has 0 aliphatic carbocycles. The third kappa shape index (κ3) is 3.25. The van der Waals surface area contributed by atoms with Gasteiger partial charge in [0.05, 0.1) is 6.61 Å². The van der Waals surface area contributed by atoms with E-state index in [2.05, 4.69) is 0 Å². The first-order valence-electron chi connectivity index (χ1n) is 10.1. The van der Waals surface area contributed by atoms with E-state index >= 15 is 0 Å². The van der Waals surface area contributed by atoms with Gasteiger partial charge in [0.25, 0.3) is 11.8 Å². The lowest BCUT2D eigenvalue weighted by atomic mass is 9.83. The predicted octanol–water partition coefficient (Wildman–Crippen LogP) is 1.23. The Morgan fingerprint density at radius 2 is 1.78 bits per heavy atom. The van der Waals surface area contributed by atoms with Gasteiger partial charge in [0.1, 0.15) is 24.9 Å². The van der Waals surface area contributed by atoms with Crippen LogP contribution >= 0.6 is 11.6 Å². The van der Waals surface area contributed by atoms with E-state index in [1.807, 2.05) is 0 Å². The molecule has 1 unspecified atom stereocenters. The molecule has 0 saturated carbocycles. The van der Waals surface area contributed by atoms with Crippen molar-refractivity contribution in [2.75, 3.05) is 31.2 Å². The zero-order valence-electron chi connectivity index (χ0n) is 17.2. The Morgan fingerprint density at radius 1 is 1.12 bits per heavy atom. The lowest BCUT2D eigenvalue weighted by molar-refractivity contribution is -0.127. The van der Waals surface area contributed by atoms with Crippen LogP contribution < -0.4 is 20.9 Å². The molecule has 2 aliphatic rings. The van der Waals surface area contributed by atoms with Crippen molar-refractivity contribution in [3.05, 3.63) is 59.1 Å². The summed E-state index contributed by atoms with van der Waals surface area (Å²) in [5.41, 5.74) is 11.6. The summed E-state index contributed by atoms with van der Waals surface area (Å²) in [6.07, 6.45) is -1.10. The minimum absolute atomic E-state index is 0.00257. The van der Waals surface area contributed by atoms with Crippen molar-refractivity contribution in [1.29, 1.82) is 0 Å². The third-order valence-corrected chi connectivity index (χ3v) is 6.61. The lowest BCUT2D eigenvalue weighted by Gasteiger charge is -2.42. The summed E-state index contributed by atoms with van der Waals surface area (Å²) < 4.78 is 4.50. The van der Waals surface area contributed by atoms with Crippen molar-refractivity contribution in [2.45, 2.75) is 18.1 Å². The highest BCUT2D eigenvalue weighted by Crippen LogP contribution is 2.49. The average Bonchev–Trinajstić information content (AvgIpc) is 3.10. The molecule has 0 spiro atoms. The molecule has 2 heterocycles. The number of primary amides is 2. The molecule has 0 radical (unpaired) electrons. The molecule has 4 amide bonds. The summed E-state index contributed by atoms with van der Waals surface area (Å²) in [5, 5.41) is 11.1. The van der Waals surface area contributed by atoms with Crippen molar-refractivity contribution >= 4 is 40.8 Å². The van der Waals surface area contributed by atoms with Gasteiger partial charge in [0.2, 0.25) is 5.54 Å². The van der Waals surface area contributed by atoms with Crippen molar-refractivity contribution in [3.8, 4) is 0 Å². The van der Waals surface area contributed by atoms with Crippen LogP contribution in [0.1, 0.15) is 12.0 Å². The third-order valence-electron chi connectivity index (χ3n) is 6.36. The first-order valence-corrected chi connectivity index (χ1v) is 10.5. The van der Waals surface area contributed by atoms with Crippen LogP contribution in [0.2, 0.25) is 5.02 Å². The largest absolute Gasteiger partial charge is 0.420 e. The van der Waals surface area contributed by atoms with Gasteiger partial charge in [-0.15, -0.1) is 0 Å². The fourth-order valence-electron chi connectivity index (χ4n) is 4.94. The summed E-state index contributed by atoms with van der Waals surface area (Å²) in [7, 11) is 0. The van der Waals surface area contributed by atoms with Crippen LogP contribution in [-0.4, -0.2) is 55.4 Å². The summed E-state index contributed by atoms with van der Waals surface area (Å²) in [6.45, 7) is 0.702. The van der Waals surface area contributed by atoms with Gasteiger partial charge < -0.3 is 26.2 Å². The van der Waals surface area contributed by atoms with Crippen molar-refractivity contribution in [2.24, 2.45) is 11.5 Å². The molecule has 9 nitrogen and oxygen atoms in total. The second-order valence-electron chi connectivity index (χ2n) is 8.03. The molecule has 2 aliphatic heterocycles. The molecule has 4 rings (SSSR count). The fourth-order valence-corrected chi connectivity index (χ4v) is 5.06. The van der Waals surface area contributed by atoms with Crippen LogP contribution in [0.3, 0.4) is 0 Å². The van der Waals surface area contributed by atoms with Crippen LogP contribution in [0.15, 0.2) is 48.5 Å². The number of anilines is 1. The smallest absolute Gasteiger partial charge is 0.387 e. The number of hydrogen-bond donors (Lipinski definition) is 3. The normalized spacial score (nSPS) is 28.0. The summed E-state index contributed by atoms with van der Waals surface area (Å²) in [6, 6.07) is 12.2. The van der Waals surface area contributed by atoms with Crippen molar-refractivity contribution in [1.82, 2.24) is 4.48 Å². The molecule has 3 atom stereocenters. The van der Waals surface area contributed by atoms with Gasteiger partial charge in [-0.05, 0) is 24.3 Å². The zero-order chi connectivity index (χ0) is 23.1. The van der Waals surface area contributed by atoms with E-state index in [0.717, 1.165) is 0 Å². The van der Waals surface area contributed by atoms with E-state index in [1.165, 1.54) is 0 Å². The topological polar surface area (TPSA) is 136 Å². The predicted molar refractivity (Wildman–Crippen MR) is 119 cm³/mol. The van der Waals surface area contributed by atoms with Gasteiger partial charge in [-0.1, -0.05) is 23.7 Å². The number of ether oxygens (including phenoxy) is 1. The van der Waals surface area contributed by atoms with Gasteiger partial charge in [-0.25, -0.2) is 4.79 Å². The molecular weight excluding hydrogens is 436 g/mol. The van der Waals surface area contributed by atoms with E-state index in [-0.39, 0.29) is 25.5 Å². The van der Waals surface area contributed by atoms with Crippen LogP contribution in [0.4, 0.5) is 16.2 Å². The number of halogens is 1. The van der Waals surface area contributed by atoms with E-state index in [1.54, 1.807) is 53.4 Å². The molecular formula is C22H24ClN4O5+. The SMILES string of the molecule is NC(=O)[C@@]1(c2ccc(N3CCOCC3=O)cc2)C[C@H](O)C[N+]1(C(N)=O)c1ccc(Cl)cc1. The first-order chi connectivity index (χ1) is 15.2. The second-order valence-corrected chi connectivity index (χ2v) is 8.47. The van der Waals surface area contributed by atoms with Gasteiger partial charge >= 0.3 is 6.03 Å². The molecule has 2 saturated heterocycles. The number of rotatable bonds is 4. The number of benzene rings is 2. The van der Waals surface area contributed by atoms with Gasteiger partial charge in [0, 0.05) is 41.4 Å². The molecule has 2 aromatic carbocycles. The zero-order valence-corrected chi connectivity index (χ0v) is 18.0. The number of carbonyl (C=O) groups excluding carboxylic acids is 3. The molecule has 10 heteroatoms. The number of nitrogens with two attached hydrogens (primary N) is 2. The molecule has 32 heavy (non-hydrogen) atoms. The maximum Gasteiger partial charge on any atom is 0.420 e. The number of urea groups is 1. The Hall–Kier alpha value is -2.98. The van der Waals surface area contributed by atoms with E-state index in [4.69, 9.17) is 27.8 Å². The molecule has 0 aromatic heterocycles. The second kappa shape index (κ2) is 8.18. The van der Waals surface area contributed by atoms with E-state index in [9.17, 15) is 19.5 Å². The number of morpholine rings is 1. The van der Waals surface area contributed by atoms with Crippen LogP contribution in [0.5, 0.6) is 0 Å². The Labute approximate surface area is 189 Å². The van der Waals surface area contributed by atoms with Crippen molar-refractivity contribution < 1.29 is 24.2 Å². The van der Waals surface area contributed by atoms with E-state index < -0.39 is 28.1 Å². The number of hydrogen-bond acceptors (Lipinski definition) is 5. The number of amides is 4. The number of nitrogens with zero attached hydrogens (tertiary/aromatic N) is 2. The molecule has 2 aromatic rings. The first kappa shape index (κ1) is 22.2. The lowest BCUT2D eigenvalue weighted by Crippen LogP contribution is -2.70. The monoisotopic (exact) mass is 459 g/mol. The fraction of sp³-hybridized carbons (Fsp3) is 0.318. The Balaban J connectivity index is 1.87. The Bertz CT molecular complexity index is 1060. The number of likely N-dealkylation sites (tertiary alicyclic amines) is 1. The van der Waals surface area contributed by atoms with Crippen LogP contribution in [0.25, 0.3) is 0 Å². The minimum Gasteiger partial charge on any atom is -0.387 e. The van der Waals surface area contributed by atoms with Gasteiger partial charge in [0.15, 0.2) is 0 Å². The Kier molecular flexibility index (Phi) is 5.68. The average molecular weight is 460 g/mol. The number of aliphatic hydroxyl groups excluding tert-OH is 1. The number of carbonyl (C=O) groups is 3. The standard InChI is InChI=1S/C22H23ClN4O5/c23-15-3-7-17(8-4-15)27(21(25)31)12-18(28)11-22(27,20(24)30)14-1-5-16(6-2-14)26-9-10-32-13-19(26)29/h1-8,18,28H,9-13H2,(H3-,24,25,30,31)/p+1/t18-,22-,27?/m0/s1. The molecule has 0 bridgehead atoms. The molecule has 168 valence electrons. The van der Waals surface area contributed by atoms with Crippen molar-refractivity contribution in [3.63, 3.8) is 0 Å². The summed E-state index contributed by atoms with van der Waals surface area (Å²) in [5.74, 6) is -0.966. The Morgan fingerprint density at radius 3 is 2.34 bits per heavy atom.